The van der Waals surface area contributed by atoms with Crippen LogP contribution in [0.4, 0.5) is 23.7 Å². The molecule has 2 aromatic heterocycles. The SMILES string of the molecule is CNc1c(Cl)cc(C[C@@H](OC(=O)N2CCC(n3c(=O)[nH]c4c5ccccc5ncc43)CC2)C(=O)N2CCC(N(C)C)CC2)cc1C(F)(F)F. The first-order chi connectivity index (χ1) is 23.3. The van der Waals surface area contributed by atoms with Crippen LogP contribution in [0.3, 0.4) is 0 Å². The number of ether oxygens (including phenoxy) is 1. The number of hydrogen-bond donors (Lipinski definition) is 2. The van der Waals surface area contributed by atoms with Gasteiger partial charge in [-0.1, -0.05) is 29.8 Å². The number of nitrogens with one attached hydrogen (secondary N) is 2. The Morgan fingerprint density at radius 3 is 2.41 bits per heavy atom. The topological polar surface area (TPSA) is 116 Å². The summed E-state index contributed by atoms with van der Waals surface area (Å²) in [5.74, 6) is -0.465. The van der Waals surface area contributed by atoms with Crippen molar-refractivity contribution < 1.29 is 27.5 Å². The molecule has 2 aliphatic rings. The van der Waals surface area contributed by atoms with Gasteiger partial charge in [-0.25, -0.2) is 9.59 Å². The monoisotopic (exact) mass is 701 g/mol. The van der Waals surface area contributed by atoms with E-state index in [4.69, 9.17) is 16.3 Å². The summed E-state index contributed by atoms with van der Waals surface area (Å²) in [6.07, 6.45) is -3.10. The number of alkyl halides is 3. The number of rotatable bonds is 7. The van der Waals surface area contributed by atoms with E-state index in [1.807, 2.05) is 38.4 Å². The zero-order valence-corrected chi connectivity index (χ0v) is 28.3. The number of carbonyl (C=O) groups is 2. The normalized spacial score (nSPS) is 17.2. The number of carbonyl (C=O) groups excluding carboxylic acids is 2. The molecule has 4 heterocycles. The molecule has 262 valence electrons. The number of nitrogens with zero attached hydrogens (tertiary/aromatic N) is 5. The highest BCUT2D eigenvalue weighted by Gasteiger charge is 2.37. The Morgan fingerprint density at radius 1 is 1.08 bits per heavy atom. The molecule has 2 aliphatic heterocycles. The fourth-order valence-electron chi connectivity index (χ4n) is 7.04. The van der Waals surface area contributed by atoms with E-state index in [0.717, 1.165) is 17.0 Å². The Bertz CT molecular complexity index is 1910. The van der Waals surface area contributed by atoms with Gasteiger partial charge in [0.1, 0.15) is 0 Å². The second kappa shape index (κ2) is 13.9. The fourth-order valence-corrected chi connectivity index (χ4v) is 7.38. The first-order valence-electron chi connectivity index (χ1n) is 16.3. The van der Waals surface area contributed by atoms with E-state index in [0.29, 0.717) is 49.8 Å². The molecular weight excluding hydrogens is 663 g/mol. The smallest absolute Gasteiger partial charge is 0.418 e. The summed E-state index contributed by atoms with van der Waals surface area (Å²) in [4.78, 5) is 53.2. The quantitative estimate of drug-likeness (QED) is 0.261. The maximum absolute atomic E-state index is 14.0. The van der Waals surface area contributed by atoms with Crippen molar-refractivity contribution in [2.45, 2.75) is 56.5 Å². The lowest BCUT2D eigenvalue weighted by molar-refractivity contribution is -0.142. The van der Waals surface area contributed by atoms with Crippen LogP contribution in [-0.4, -0.2) is 101 Å². The number of aromatic nitrogens is 3. The lowest BCUT2D eigenvalue weighted by Crippen LogP contribution is -2.50. The summed E-state index contributed by atoms with van der Waals surface area (Å²) in [5.41, 5.74) is 0.745. The number of piperidine rings is 2. The van der Waals surface area contributed by atoms with Crippen molar-refractivity contribution in [2.75, 3.05) is 52.6 Å². The van der Waals surface area contributed by atoms with E-state index >= 15 is 0 Å². The number of anilines is 1. The number of hydrogen-bond acceptors (Lipinski definition) is 7. The number of imidazole rings is 1. The van der Waals surface area contributed by atoms with Crippen LogP contribution in [0.2, 0.25) is 5.02 Å². The Balaban J connectivity index is 1.20. The summed E-state index contributed by atoms with van der Waals surface area (Å²) in [6, 6.07) is 9.91. The molecule has 0 radical (unpaired) electrons. The number of amides is 2. The van der Waals surface area contributed by atoms with Crippen molar-refractivity contribution in [2.24, 2.45) is 0 Å². The highest BCUT2D eigenvalue weighted by Crippen LogP contribution is 2.40. The average molecular weight is 702 g/mol. The first-order valence-corrected chi connectivity index (χ1v) is 16.7. The van der Waals surface area contributed by atoms with Gasteiger partial charge in [0.05, 0.1) is 39.0 Å². The standard InChI is InChI=1S/C34H39ClF3N7O4/c1-39-30-24(34(36,37)38)16-20(17-25(30)35)18-28(31(46)43-12-8-21(9-13-43)42(2)3)49-33(48)44-14-10-22(11-15-44)45-27-19-40-26-7-5-4-6-23(26)29(27)41-32(45)47/h4-7,16-17,19,21-22,28,39H,8-15,18H2,1-3H3,(H,41,47)/t28-/m1/s1. The molecule has 2 N–H and O–H groups in total. The molecule has 2 aromatic carbocycles. The number of halogens is 4. The van der Waals surface area contributed by atoms with Gasteiger partial charge in [-0.2, -0.15) is 13.2 Å². The summed E-state index contributed by atoms with van der Waals surface area (Å²) >= 11 is 6.25. The van der Waals surface area contributed by atoms with Crippen molar-refractivity contribution in [3.63, 3.8) is 0 Å². The van der Waals surface area contributed by atoms with Gasteiger partial charge in [-0.3, -0.25) is 14.3 Å². The van der Waals surface area contributed by atoms with Crippen LogP contribution in [0.25, 0.3) is 21.9 Å². The zero-order valence-electron chi connectivity index (χ0n) is 27.5. The molecule has 0 spiro atoms. The molecule has 0 aliphatic carbocycles. The number of likely N-dealkylation sites (tertiary alicyclic amines) is 2. The molecule has 4 aromatic rings. The number of fused-ring (bicyclic) bond motifs is 3. The highest BCUT2D eigenvalue weighted by atomic mass is 35.5. The minimum absolute atomic E-state index is 0.115. The maximum Gasteiger partial charge on any atom is 0.418 e. The van der Waals surface area contributed by atoms with E-state index < -0.39 is 29.8 Å². The Labute approximate surface area is 285 Å². The van der Waals surface area contributed by atoms with Crippen LogP contribution in [0.15, 0.2) is 47.4 Å². The number of H-pyrrole nitrogens is 1. The molecule has 49 heavy (non-hydrogen) atoms. The second-order valence-electron chi connectivity index (χ2n) is 12.9. The molecule has 11 nitrogen and oxygen atoms in total. The molecule has 6 rings (SSSR count). The predicted octanol–water partition coefficient (Wildman–Crippen LogP) is 5.53. The van der Waals surface area contributed by atoms with Crippen LogP contribution >= 0.6 is 11.6 Å². The molecule has 0 unspecified atom stereocenters. The van der Waals surface area contributed by atoms with Gasteiger partial charge in [-0.05, 0) is 63.5 Å². The van der Waals surface area contributed by atoms with Crippen molar-refractivity contribution in [1.29, 1.82) is 0 Å². The predicted molar refractivity (Wildman–Crippen MR) is 181 cm³/mol. The lowest BCUT2D eigenvalue weighted by atomic mass is 10.00. The van der Waals surface area contributed by atoms with Gasteiger partial charge >= 0.3 is 18.0 Å². The van der Waals surface area contributed by atoms with Crippen LogP contribution in [0.5, 0.6) is 0 Å². The fraction of sp³-hybridized carbons (Fsp3) is 0.471. The summed E-state index contributed by atoms with van der Waals surface area (Å²) in [5, 5.41) is 3.18. The van der Waals surface area contributed by atoms with Gasteiger partial charge in [0.2, 0.25) is 0 Å². The van der Waals surface area contributed by atoms with Gasteiger partial charge in [0.15, 0.2) is 6.10 Å². The average Bonchev–Trinajstić information content (AvgIpc) is 3.43. The van der Waals surface area contributed by atoms with Crippen molar-refractivity contribution in [1.82, 2.24) is 29.2 Å². The third-order valence-electron chi connectivity index (χ3n) is 9.71. The third kappa shape index (κ3) is 7.07. The largest absolute Gasteiger partial charge is 0.436 e. The summed E-state index contributed by atoms with van der Waals surface area (Å²) in [6.45, 7) is 1.36. The third-order valence-corrected chi connectivity index (χ3v) is 10.0. The van der Waals surface area contributed by atoms with Crippen molar-refractivity contribution >= 4 is 51.2 Å². The summed E-state index contributed by atoms with van der Waals surface area (Å²) < 4.78 is 49.4. The molecule has 2 amide bonds. The Hall–Kier alpha value is -4.30. The molecule has 0 bridgehead atoms. The molecular formula is C34H39ClF3N7O4. The minimum Gasteiger partial charge on any atom is -0.436 e. The zero-order chi connectivity index (χ0) is 35.0. The van der Waals surface area contributed by atoms with Crippen molar-refractivity contribution in [3.8, 4) is 0 Å². The highest BCUT2D eigenvalue weighted by molar-refractivity contribution is 6.33. The van der Waals surface area contributed by atoms with E-state index in [1.165, 1.54) is 18.0 Å². The Kier molecular flexibility index (Phi) is 9.81. The van der Waals surface area contributed by atoms with Crippen LogP contribution < -0.4 is 11.0 Å². The maximum atomic E-state index is 14.0. The van der Waals surface area contributed by atoms with Crippen LogP contribution in [0.1, 0.15) is 42.9 Å². The van der Waals surface area contributed by atoms with E-state index in [1.54, 1.807) is 15.7 Å². The van der Waals surface area contributed by atoms with E-state index in [-0.39, 0.29) is 53.6 Å². The Morgan fingerprint density at radius 2 is 1.76 bits per heavy atom. The molecule has 15 heteroatoms. The molecule has 2 saturated heterocycles. The van der Waals surface area contributed by atoms with Gasteiger partial charge < -0.3 is 29.7 Å². The number of aromatic amines is 1. The minimum atomic E-state index is -4.71. The first kappa shape index (κ1) is 34.6. The molecule has 2 fully saturated rings. The number of pyridine rings is 1. The van der Waals surface area contributed by atoms with Gasteiger partial charge in [0.25, 0.3) is 5.91 Å². The van der Waals surface area contributed by atoms with Gasteiger partial charge in [0, 0.05) is 57.1 Å². The molecule has 1 atom stereocenters. The lowest BCUT2D eigenvalue weighted by Gasteiger charge is -2.37. The van der Waals surface area contributed by atoms with E-state index in [9.17, 15) is 27.6 Å². The van der Waals surface area contributed by atoms with Crippen LogP contribution in [0, 0.1) is 0 Å². The van der Waals surface area contributed by atoms with Crippen molar-refractivity contribution in [3.05, 3.63) is 69.2 Å². The molecule has 0 saturated carbocycles. The second-order valence-corrected chi connectivity index (χ2v) is 13.3. The number of para-hydroxylation sites is 1. The number of benzene rings is 2. The van der Waals surface area contributed by atoms with E-state index in [2.05, 4.69) is 20.2 Å². The summed E-state index contributed by atoms with van der Waals surface area (Å²) in [7, 11) is 5.29. The van der Waals surface area contributed by atoms with Crippen LogP contribution in [-0.2, 0) is 22.1 Å². The van der Waals surface area contributed by atoms with Gasteiger partial charge in [-0.15, -0.1) is 0 Å².